The molecule has 0 saturated heterocycles. The molecule has 1 aromatic carbocycles. The molecule has 1 aliphatic carbocycles. The van der Waals surface area contributed by atoms with Gasteiger partial charge < -0.3 is 4.74 Å². The molecule has 4 nitrogen and oxygen atoms in total. The molecule has 0 radical (unpaired) electrons. The van der Waals surface area contributed by atoms with Crippen LogP contribution in [0.25, 0.3) is 0 Å². The van der Waals surface area contributed by atoms with Crippen molar-refractivity contribution >= 4 is 10.0 Å². The Labute approximate surface area is 134 Å². The summed E-state index contributed by atoms with van der Waals surface area (Å²) in [5, 5.41) is 0. The zero-order chi connectivity index (χ0) is 16.4. The predicted molar refractivity (Wildman–Crippen MR) is 88.6 cm³/mol. The van der Waals surface area contributed by atoms with E-state index < -0.39 is 10.0 Å². The lowest BCUT2D eigenvalue weighted by atomic mass is 9.75. The van der Waals surface area contributed by atoms with Crippen LogP contribution in [0.15, 0.2) is 29.2 Å². The third-order valence-electron chi connectivity index (χ3n) is 4.56. The fourth-order valence-electron chi connectivity index (χ4n) is 3.41. The molecule has 0 amide bonds. The summed E-state index contributed by atoms with van der Waals surface area (Å²) in [5.74, 6) is 0.667. The Morgan fingerprint density at radius 2 is 1.91 bits per heavy atom. The monoisotopic (exact) mass is 325 g/mol. The van der Waals surface area contributed by atoms with Crippen molar-refractivity contribution in [2.45, 2.75) is 57.4 Å². The van der Waals surface area contributed by atoms with Gasteiger partial charge in [-0.05, 0) is 48.9 Å². The number of benzene rings is 1. The summed E-state index contributed by atoms with van der Waals surface area (Å²) in [6.45, 7) is 6.89. The second kappa shape index (κ2) is 6.59. The van der Waals surface area contributed by atoms with Crippen LogP contribution < -0.4 is 4.74 Å². The van der Waals surface area contributed by atoms with Gasteiger partial charge in [-0.25, -0.2) is 8.42 Å². The van der Waals surface area contributed by atoms with Crippen molar-refractivity contribution < 1.29 is 13.2 Å². The van der Waals surface area contributed by atoms with E-state index in [4.69, 9.17) is 4.74 Å². The van der Waals surface area contributed by atoms with E-state index in [1.165, 1.54) is 6.42 Å². The van der Waals surface area contributed by atoms with Crippen LogP contribution in [0, 0.1) is 5.41 Å². The maximum absolute atomic E-state index is 13.0. The lowest BCUT2D eigenvalue weighted by Crippen LogP contribution is -2.44. The zero-order valence-electron chi connectivity index (χ0n) is 14.0. The zero-order valence-corrected chi connectivity index (χ0v) is 14.8. The minimum atomic E-state index is -3.45. The van der Waals surface area contributed by atoms with Crippen LogP contribution in [0.4, 0.5) is 0 Å². The molecule has 1 unspecified atom stereocenters. The summed E-state index contributed by atoms with van der Waals surface area (Å²) in [4.78, 5) is 0.346. The Bertz CT molecular complexity index is 593. The van der Waals surface area contributed by atoms with Gasteiger partial charge in [0, 0.05) is 12.6 Å². The number of hydrogen-bond acceptors (Lipinski definition) is 3. The average Bonchev–Trinajstić information content (AvgIpc) is 2.47. The van der Waals surface area contributed by atoms with Crippen LogP contribution >= 0.6 is 0 Å². The Kier molecular flexibility index (Phi) is 5.17. The molecular weight excluding hydrogens is 298 g/mol. The first kappa shape index (κ1) is 17.3. The van der Waals surface area contributed by atoms with Crippen molar-refractivity contribution in [1.29, 1.82) is 0 Å². The molecule has 0 heterocycles. The van der Waals surface area contributed by atoms with Gasteiger partial charge in [-0.2, -0.15) is 4.31 Å². The van der Waals surface area contributed by atoms with E-state index in [2.05, 4.69) is 13.8 Å². The van der Waals surface area contributed by atoms with Gasteiger partial charge in [-0.3, -0.25) is 0 Å². The van der Waals surface area contributed by atoms with Gasteiger partial charge in [-0.15, -0.1) is 0 Å². The lowest BCUT2D eigenvalue weighted by Gasteiger charge is -2.40. The minimum Gasteiger partial charge on any atom is -0.497 e. The number of rotatable bonds is 5. The quantitative estimate of drug-likeness (QED) is 0.830. The van der Waals surface area contributed by atoms with Crippen LogP contribution in [-0.4, -0.2) is 32.4 Å². The lowest BCUT2D eigenvalue weighted by molar-refractivity contribution is 0.152. The molecule has 2 rings (SSSR count). The third kappa shape index (κ3) is 3.63. The van der Waals surface area contributed by atoms with E-state index in [1.54, 1.807) is 35.7 Å². The van der Waals surface area contributed by atoms with Crippen LogP contribution in [0.2, 0.25) is 0 Å². The van der Waals surface area contributed by atoms with Crippen LogP contribution in [0.3, 0.4) is 0 Å². The topological polar surface area (TPSA) is 46.6 Å². The Morgan fingerprint density at radius 3 is 2.41 bits per heavy atom. The molecule has 1 aliphatic rings. The van der Waals surface area contributed by atoms with Crippen molar-refractivity contribution in [2.75, 3.05) is 13.7 Å². The number of ether oxygens (including phenoxy) is 1. The van der Waals surface area contributed by atoms with Gasteiger partial charge in [-0.1, -0.05) is 27.2 Å². The molecule has 0 spiro atoms. The molecule has 124 valence electrons. The Balaban J connectivity index is 2.27. The van der Waals surface area contributed by atoms with Crippen molar-refractivity contribution in [3.63, 3.8) is 0 Å². The predicted octanol–water partition coefficient (Wildman–Crippen LogP) is 3.67. The molecule has 1 saturated carbocycles. The summed E-state index contributed by atoms with van der Waals surface area (Å²) in [7, 11) is -1.87. The Hall–Kier alpha value is -1.07. The molecule has 1 fully saturated rings. The maximum Gasteiger partial charge on any atom is 0.243 e. The number of methoxy groups -OCH3 is 1. The highest BCUT2D eigenvalue weighted by Gasteiger charge is 2.36. The van der Waals surface area contributed by atoms with Gasteiger partial charge in [0.25, 0.3) is 0 Å². The van der Waals surface area contributed by atoms with E-state index >= 15 is 0 Å². The van der Waals surface area contributed by atoms with Gasteiger partial charge in [0.05, 0.1) is 12.0 Å². The van der Waals surface area contributed by atoms with Crippen molar-refractivity contribution in [3.05, 3.63) is 24.3 Å². The van der Waals surface area contributed by atoms with E-state index in [0.29, 0.717) is 17.2 Å². The highest BCUT2D eigenvalue weighted by molar-refractivity contribution is 7.89. The smallest absolute Gasteiger partial charge is 0.243 e. The molecule has 1 aromatic rings. The van der Waals surface area contributed by atoms with Crippen molar-refractivity contribution in [2.24, 2.45) is 5.41 Å². The molecule has 5 heteroatoms. The molecule has 1 atom stereocenters. The normalized spacial score (nSPS) is 21.8. The standard InChI is InChI=1S/C17H27NO3S/c1-5-18(14-7-6-12-17(2,3)13-14)22(19,20)16-10-8-15(21-4)9-11-16/h8-11,14H,5-7,12-13H2,1-4H3. The summed E-state index contributed by atoms with van der Waals surface area (Å²) >= 11 is 0. The Morgan fingerprint density at radius 1 is 1.27 bits per heavy atom. The van der Waals surface area contributed by atoms with E-state index in [-0.39, 0.29) is 11.5 Å². The fraction of sp³-hybridized carbons (Fsp3) is 0.647. The first-order valence-electron chi connectivity index (χ1n) is 7.96. The van der Waals surface area contributed by atoms with Crippen LogP contribution in [0.1, 0.15) is 46.5 Å². The minimum absolute atomic E-state index is 0.0980. The summed E-state index contributed by atoms with van der Waals surface area (Å²) in [6.07, 6.45) is 4.14. The largest absolute Gasteiger partial charge is 0.497 e. The van der Waals surface area contributed by atoms with Crippen molar-refractivity contribution in [1.82, 2.24) is 4.31 Å². The highest BCUT2D eigenvalue weighted by atomic mass is 32.2. The number of sulfonamides is 1. The van der Waals surface area contributed by atoms with Crippen LogP contribution in [0.5, 0.6) is 5.75 Å². The van der Waals surface area contributed by atoms with Gasteiger partial charge >= 0.3 is 0 Å². The van der Waals surface area contributed by atoms with Gasteiger partial charge in [0.1, 0.15) is 5.75 Å². The SMILES string of the molecule is CCN(C1CCCC(C)(C)C1)S(=O)(=O)c1ccc(OC)cc1. The molecule has 0 bridgehead atoms. The molecule has 22 heavy (non-hydrogen) atoms. The summed E-state index contributed by atoms with van der Waals surface area (Å²) in [5.41, 5.74) is 0.214. The number of nitrogens with zero attached hydrogens (tertiary/aromatic N) is 1. The van der Waals surface area contributed by atoms with Gasteiger partial charge in [0.15, 0.2) is 0 Å². The molecule has 0 N–H and O–H groups in total. The summed E-state index contributed by atoms with van der Waals surface area (Å²) in [6, 6.07) is 6.76. The van der Waals surface area contributed by atoms with E-state index in [1.807, 2.05) is 6.92 Å². The molecule has 0 aromatic heterocycles. The van der Waals surface area contributed by atoms with Crippen LogP contribution in [-0.2, 0) is 10.0 Å². The maximum atomic E-state index is 13.0. The average molecular weight is 325 g/mol. The summed E-state index contributed by atoms with van der Waals surface area (Å²) < 4.78 is 32.7. The highest BCUT2D eigenvalue weighted by Crippen LogP contribution is 2.38. The second-order valence-electron chi connectivity index (χ2n) is 6.80. The van der Waals surface area contributed by atoms with Crippen molar-refractivity contribution in [3.8, 4) is 5.75 Å². The third-order valence-corrected chi connectivity index (χ3v) is 6.61. The van der Waals surface area contributed by atoms with E-state index in [9.17, 15) is 8.42 Å². The first-order chi connectivity index (χ1) is 10.3. The number of hydrogen-bond donors (Lipinski definition) is 0. The second-order valence-corrected chi connectivity index (χ2v) is 8.69. The molecule has 0 aliphatic heterocycles. The van der Waals surface area contributed by atoms with E-state index in [0.717, 1.165) is 19.3 Å². The first-order valence-corrected chi connectivity index (χ1v) is 9.40. The van der Waals surface area contributed by atoms with Gasteiger partial charge in [0.2, 0.25) is 10.0 Å². The molecular formula is C17H27NO3S. The fourth-order valence-corrected chi connectivity index (χ4v) is 5.07.